The number of aromatic amines is 1. The lowest BCUT2D eigenvalue weighted by atomic mass is 10.0. The maximum atomic E-state index is 13.8. The Bertz CT molecular complexity index is 1760. The molecular weight excluding hydrogens is 566 g/mol. The first-order valence-corrected chi connectivity index (χ1v) is 14.6. The largest absolute Gasteiger partial charge is 0.493 e. The summed E-state index contributed by atoms with van der Waals surface area (Å²) in [4.78, 5) is 32.1. The normalized spacial score (nSPS) is 14.6. The maximum absolute atomic E-state index is 13.8. The van der Waals surface area contributed by atoms with Crippen LogP contribution in [-0.4, -0.2) is 64.8 Å². The van der Waals surface area contributed by atoms with E-state index in [1.165, 1.54) is 4.90 Å². The van der Waals surface area contributed by atoms with Gasteiger partial charge < -0.3 is 24.7 Å². The van der Waals surface area contributed by atoms with Crippen molar-refractivity contribution in [3.05, 3.63) is 107 Å². The first kappa shape index (κ1) is 28.4. The molecule has 2 N–H and O–H groups in total. The van der Waals surface area contributed by atoms with Crippen molar-refractivity contribution in [2.75, 3.05) is 33.4 Å². The fourth-order valence-corrected chi connectivity index (χ4v) is 5.70. The van der Waals surface area contributed by atoms with E-state index in [-0.39, 0.29) is 18.4 Å². The number of para-hydroxylation sites is 1. The highest BCUT2D eigenvalue weighted by Gasteiger charge is 2.23. The zero-order valence-corrected chi connectivity index (χ0v) is 24.6. The molecule has 6 rings (SSSR count). The van der Waals surface area contributed by atoms with Gasteiger partial charge in [-0.15, -0.1) is 0 Å². The highest BCUT2D eigenvalue weighted by atomic mass is 35.5. The van der Waals surface area contributed by atoms with Crippen LogP contribution in [0.4, 0.5) is 0 Å². The Hall–Kier alpha value is -4.76. The van der Waals surface area contributed by atoms with Gasteiger partial charge in [0.05, 0.1) is 36.5 Å². The number of rotatable bonds is 3. The fraction of sp³-hybridized carbons (Fsp3) is 0.242. The molecule has 220 valence electrons. The molecule has 0 fully saturated rings. The summed E-state index contributed by atoms with van der Waals surface area (Å²) >= 11 is 6.50. The molecule has 9 nitrogen and oxygen atoms in total. The van der Waals surface area contributed by atoms with E-state index in [0.717, 1.165) is 27.7 Å². The van der Waals surface area contributed by atoms with Crippen molar-refractivity contribution in [2.24, 2.45) is 0 Å². The molecule has 0 saturated heterocycles. The number of benzene rings is 3. The lowest BCUT2D eigenvalue weighted by Crippen LogP contribution is -2.42. The third-order valence-electron chi connectivity index (χ3n) is 7.61. The number of halogens is 1. The predicted octanol–water partition coefficient (Wildman–Crippen LogP) is 5.19. The second-order valence-electron chi connectivity index (χ2n) is 10.4. The number of amides is 2. The Balaban J connectivity index is 1.30. The average molecular weight is 598 g/mol. The summed E-state index contributed by atoms with van der Waals surface area (Å²) in [6, 6.07) is 21.1. The van der Waals surface area contributed by atoms with Crippen molar-refractivity contribution in [3.8, 4) is 17.2 Å². The second kappa shape index (κ2) is 12.6. The molecule has 1 aliphatic rings. The predicted molar refractivity (Wildman–Crippen MR) is 165 cm³/mol. The summed E-state index contributed by atoms with van der Waals surface area (Å²) in [5, 5.41) is 8.71. The van der Waals surface area contributed by atoms with E-state index in [4.69, 9.17) is 21.1 Å². The minimum Gasteiger partial charge on any atom is -0.493 e. The zero-order valence-electron chi connectivity index (χ0n) is 23.8. The lowest BCUT2D eigenvalue weighted by molar-refractivity contribution is -0.121. The number of H-pyrrole nitrogens is 1. The molecule has 1 aliphatic heterocycles. The minimum atomic E-state index is -0.339. The number of carbonyl (C=O) groups excluding carboxylic acids is 2. The van der Waals surface area contributed by atoms with Gasteiger partial charge in [0, 0.05) is 48.5 Å². The van der Waals surface area contributed by atoms with Gasteiger partial charge in [0.1, 0.15) is 0 Å². The summed E-state index contributed by atoms with van der Waals surface area (Å²) in [7, 11) is 1.61. The van der Waals surface area contributed by atoms with Crippen LogP contribution >= 0.6 is 11.6 Å². The number of carbonyl (C=O) groups is 2. The van der Waals surface area contributed by atoms with Crippen molar-refractivity contribution >= 4 is 34.3 Å². The maximum Gasteiger partial charge on any atom is 0.255 e. The second-order valence-corrected chi connectivity index (χ2v) is 10.8. The number of hydrogen-bond acceptors (Lipinski definition) is 5. The monoisotopic (exact) mass is 597 g/mol. The van der Waals surface area contributed by atoms with Crippen molar-refractivity contribution in [1.82, 2.24) is 25.0 Å². The van der Waals surface area contributed by atoms with Crippen LogP contribution in [0, 0.1) is 0 Å². The molecule has 0 unspecified atom stereocenters. The molecule has 2 bridgehead atoms. The molecular formula is C33H32ClN5O4. The van der Waals surface area contributed by atoms with Crippen molar-refractivity contribution in [2.45, 2.75) is 19.3 Å². The van der Waals surface area contributed by atoms with E-state index in [1.807, 2.05) is 30.3 Å². The molecule has 10 heteroatoms. The van der Waals surface area contributed by atoms with Gasteiger partial charge in [0.2, 0.25) is 5.91 Å². The van der Waals surface area contributed by atoms with Crippen LogP contribution in [0.5, 0.6) is 11.5 Å². The number of nitrogens with zero attached hydrogens (tertiary/aromatic N) is 3. The van der Waals surface area contributed by atoms with Crippen LogP contribution in [-0.2, 0) is 17.6 Å². The molecule has 0 atom stereocenters. The molecule has 0 saturated carbocycles. The average Bonchev–Trinajstić information content (AvgIpc) is 3.67. The molecule has 3 aromatic carbocycles. The Morgan fingerprint density at radius 2 is 1.98 bits per heavy atom. The topological polar surface area (TPSA) is 101 Å². The van der Waals surface area contributed by atoms with Gasteiger partial charge in [-0.2, -0.15) is 5.10 Å². The van der Waals surface area contributed by atoms with Gasteiger partial charge in [0.15, 0.2) is 11.5 Å². The van der Waals surface area contributed by atoms with E-state index in [0.29, 0.717) is 66.7 Å². The quantitative estimate of drug-likeness (QED) is 0.298. The van der Waals surface area contributed by atoms with Crippen molar-refractivity contribution < 1.29 is 19.1 Å². The fourth-order valence-electron chi connectivity index (χ4n) is 5.50. The van der Waals surface area contributed by atoms with Crippen LogP contribution in [0.25, 0.3) is 16.6 Å². The number of methoxy groups -OCH3 is 1. The first-order valence-electron chi connectivity index (χ1n) is 14.2. The van der Waals surface area contributed by atoms with Crippen LogP contribution < -0.4 is 14.8 Å². The number of hydrogen-bond donors (Lipinski definition) is 2. The minimum absolute atomic E-state index is 0.110. The van der Waals surface area contributed by atoms with E-state index in [1.54, 1.807) is 48.5 Å². The van der Waals surface area contributed by atoms with E-state index in [9.17, 15) is 9.59 Å². The van der Waals surface area contributed by atoms with Crippen LogP contribution in [0.1, 0.15) is 33.6 Å². The molecule has 3 heterocycles. The third kappa shape index (κ3) is 6.22. The Morgan fingerprint density at radius 1 is 1.09 bits per heavy atom. The van der Waals surface area contributed by atoms with Gasteiger partial charge in [-0.3, -0.25) is 9.59 Å². The highest BCUT2D eigenvalue weighted by Crippen LogP contribution is 2.31. The summed E-state index contributed by atoms with van der Waals surface area (Å²) in [6.45, 7) is 0.941. The molecule has 2 aromatic heterocycles. The van der Waals surface area contributed by atoms with Crippen LogP contribution in [0.15, 0.2) is 79.1 Å². The lowest BCUT2D eigenvalue weighted by Gasteiger charge is -2.23. The number of nitrogens with one attached hydrogen (secondary N) is 2. The zero-order chi connectivity index (χ0) is 29.8. The Labute approximate surface area is 254 Å². The number of fused-ring (bicyclic) bond motifs is 5. The summed E-state index contributed by atoms with van der Waals surface area (Å²) in [6.07, 6.45) is 5.26. The molecule has 2 amide bonds. The molecule has 0 spiro atoms. The van der Waals surface area contributed by atoms with E-state index < -0.39 is 0 Å². The summed E-state index contributed by atoms with van der Waals surface area (Å²) in [5.74, 6) is 0.689. The third-order valence-corrected chi connectivity index (χ3v) is 7.94. The number of aromatic nitrogens is 3. The van der Waals surface area contributed by atoms with Gasteiger partial charge in [-0.05, 0) is 66.4 Å². The van der Waals surface area contributed by atoms with Gasteiger partial charge in [-0.25, -0.2) is 4.68 Å². The molecule has 0 radical (unpaired) electrons. The Kier molecular flexibility index (Phi) is 8.33. The molecule has 5 aromatic rings. The first-order chi connectivity index (χ1) is 21.0. The summed E-state index contributed by atoms with van der Waals surface area (Å²) < 4.78 is 13.4. The number of ether oxygens (including phenoxy) is 2. The van der Waals surface area contributed by atoms with Crippen LogP contribution in [0.3, 0.4) is 0 Å². The summed E-state index contributed by atoms with van der Waals surface area (Å²) in [5.41, 5.74) is 5.35. The van der Waals surface area contributed by atoms with Gasteiger partial charge in [0.25, 0.3) is 5.91 Å². The standard InChI is InChI=1S/C33H32ClN5O4/c1-42-30-11-8-22-18-29-25(24-6-2-3-7-28(24)37-29)12-14-35-32(40)21-38(15-5-17-43-31(30)19-22)33(41)26-20-23(9-10-27(26)34)39-16-4-13-36-39/h2-4,6-11,13,16,19-20,37H,5,12,14-15,17-18,21H2,1H3,(H,35,40). The van der Waals surface area contributed by atoms with Crippen molar-refractivity contribution in [1.29, 1.82) is 0 Å². The van der Waals surface area contributed by atoms with E-state index >= 15 is 0 Å². The van der Waals surface area contributed by atoms with Gasteiger partial charge >= 0.3 is 0 Å². The SMILES string of the molecule is COc1ccc2cc1OCCCN(C(=O)c1cc(-n3cccn3)ccc1Cl)CC(=O)NCCc1c([nH]c3ccccc13)C2. The van der Waals surface area contributed by atoms with E-state index in [2.05, 4.69) is 27.5 Å². The Morgan fingerprint density at radius 3 is 2.81 bits per heavy atom. The van der Waals surface area contributed by atoms with Crippen molar-refractivity contribution in [3.63, 3.8) is 0 Å². The van der Waals surface area contributed by atoms with Crippen LogP contribution in [0.2, 0.25) is 5.02 Å². The highest BCUT2D eigenvalue weighted by molar-refractivity contribution is 6.34. The molecule has 0 aliphatic carbocycles. The smallest absolute Gasteiger partial charge is 0.255 e. The molecule has 43 heavy (non-hydrogen) atoms. The van der Waals surface area contributed by atoms with Gasteiger partial charge in [-0.1, -0.05) is 35.9 Å².